The Kier molecular flexibility index (Phi) is 5.70. The minimum absolute atomic E-state index is 0.00221. The Balaban J connectivity index is 1.44. The first-order valence-electron chi connectivity index (χ1n) is 13.4. The smallest absolute Gasteiger partial charge is 0.216 e. The van der Waals surface area contributed by atoms with E-state index >= 15 is 0 Å². The number of carbonyl (C=O) groups excluding carboxylic acids is 2. The van der Waals surface area contributed by atoms with Gasteiger partial charge in [-0.05, 0) is 97.4 Å². The van der Waals surface area contributed by atoms with Crippen LogP contribution in [0.15, 0.2) is 22.8 Å². The summed E-state index contributed by atoms with van der Waals surface area (Å²) in [6.45, 7) is 11.5. The fraction of sp³-hybridized carbons (Fsp3) is 0.793. The molecule has 4 nitrogen and oxygen atoms in total. The molecule has 0 aliphatic heterocycles. The predicted octanol–water partition coefficient (Wildman–Crippen LogP) is 5.21. The van der Waals surface area contributed by atoms with Gasteiger partial charge in [-0.3, -0.25) is 9.59 Å². The zero-order chi connectivity index (χ0) is 23.7. The summed E-state index contributed by atoms with van der Waals surface area (Å²) in [5, 5.41) is 13.2. The van der Waals surface area contributed by atoms with Crippen LogP contribution in [-0.2, 0) is 9.59 Å². The molecular formula is C29H43NO3. The van der Waals surface area contributed by atoms with Crippen LogP contribution in [0.5, 0.6) is 0 Å². The highest BCUT2D eigenvalue weighted by atomic mass is 16.3. The monoisotopic (exact) mass is 453 g/mol. The number of allylic oxidation sites excluding steroid dienone is 3. The molecule has 0 aromatic rings. The average molecular weight is 454 g/mol. The normalized spacial score (nSPS) is 45.0. The average Bonchev–Trinajstić information content (AvgIpc) is 3.19. The van der Waals surface area contributed by atoms with Crippen LogP contribution >= 0.6 is 0 Å². The Bertz CT molecular complexity index is 918. The largest absolute Gasteiger partial charge is 0.393 e. The number of aliphatic hydroxyl groups is 1. The summed E-state index contributed by atoms with van der Waals surface area (Å²) < 4.78 is 0. The van der Waals surface area contributed by atoms with Crippen molar-refractivity contribution >= 4 is 11.7 Å². The summed E-state index contributed by atoms with van der Waals surface area (Å²) in [7, 11) is 0. The lowest BCUT2D eigenvalue weighted by Gasteiger charge is -2.58. The molecule has 33 heavy (non-hydrogen) atoms. The summed E-state index contributed by atoms with van der Waals surface area (Å²) >= 11 is 0. The Morgan fingerprint density at radius 3 is 2.70 bits per heavy atom. The lowest BCUT2D eigenvalue weighted by molar-refractivity contribution is -0.121. The van der Waals surface area contributed by atoms with Gasteiger partial charge in [0.2, 0.25) is 5.91 Å². The van der Waals surface area contributed by atoms with Crippen molar-refractivity contribution in [1.82, 2.24) is 5.32 Å². The lowest BCUT2D eigenvalue weighted by Crippen LogP contribution is -2.51. The number of Topliss-reactive ketones (excluding diaryl/α,β-unsaturated/α-hetero) is 1. The van der Waals surface area contributed by atoms with Gasteiger partial charge in [0.1, 0.15) is 0 Å². The van der Waals surface area contributed by atoms with Crippen molar-refractivity contribution in [3.8, 4) is 0 Å². The molecule has 182 valence electrons. The second-order valence-electron chi connectivity index (χ2n) is 12.8. The van der Waals surface area contributed by atoms with Crippen molar-refractivity contribution < 1.29 is 14.7 Å². The molecule has 2 N–H and O–H groups in total. The van der Waals surface area contributed by atoms with Gasteiger partial charge in [-0.1, -0.05) is 44.9 Å². The Labute approximate surface area is 199 Å². The molecule has 4 heteroatoms. The molecule has 3 fully saturated rings. The van der Waals surface area contributed by atoms with Crippen molar-refractivity contribution in [3.05, 3.63) is 22.8 Å². The molecule has 9 atom stereocenters. The van der Waals surface area contributed by atoms with E-state index in [1.807, 2.05) is 0 Å². The second kappa shape index (κ2) is 8.07. The molecule has 0 aromatic carbocycles. The standard InChI is InChI=1S/C29H43NO3/c1-16(15-30-18(3)31)12-23-22-14-25-21-7-6-19-13-20(32)8-10-28(19,4)24(21)9-11-29(25,5)26(22)17(2)27(23)33/h6,16-17,20-21,24-26,32H,7-15H2,1-5H3,(H,30,31)/t16-,17+,20-,21-,24+,25+,26+,28-,29-/m0/s1. The highest BCUT2D eigenvalue weighted by molar-refractivity contribution is 6.01. The number of aliphatic hydroxyl groups excluding tert-OH is 1. The van der Waals surface area contributed by atoms with Crippen LogP contribution in [0.4, 0.5) is 0 Å². The zero-order valence-corrected chi connectivity index (χ0v) is 21.2. The van der Waals surface area contributed by atoms with Crippen LogP contribution in [-0.4, -0.2) is 29.4 Å². The van der Waals surface area contributed by atoms with E-state index in [0.29, 0.717) is 30.1 Å². The molecule has 0 spiro atoms. The van der Waals surface area contributed by atoms with Gasteiger partial charge < -0.3 is 10.4 Å². The van der Waals surface area contributed by atoms with Crippen molar-refractivity contribution in [3.63, 3.8) is 0 Å². The molecule has 0 heterocycles. The van der Waals surface area contributed by atoms with Crippen LogP contribution in [0, 0.1) is 46.3 Å². The van der Waals surface area contributed by atoms with E-state index < -0.39 is 0 Å². The van der Waals surface area contributed by atoms with Crippen molar-refractivity contribution in [2.24, 2.45) is 46.3 Å². The van der Waals surface area contributed by atoms with E-state index in [4.69, 9.17) is 0 Å². The van der Waals surface area contributed by atoms with Gasteiger partial charge in [-0.15, -0.1) is 0 Å². The third-order valence-corrected chi connectivity index (χ3v) is 10.9. The SMILES string of the molecule is CC(=O)NC[C@@H](C)CC1=C2C[C@@H]3[C@H]4CC=C5C[C@@H](O)CC[C@]5(C)[C@@H]4CC[C@]3(C)[C@@H]2[C@@H](C)C1=O. The molecule has 0 radical (unpaired) electrons. The van der Waals surface area contributed by atoms with Gasteiger partial charge in [-0.25, -0.2) is 0 Å². The third-order valence-electron chi connectivity index (χ3n) is 10.9. The van der Waals surface area contributed by atoms with Gasteiger partial charge >= 0.3 is 0 Å². The second-order valence-corrected chi connectivity index (χ2v) is 12.8. The van der Waals surface area contributed by atoms with E-state index in [9.17, 15) is 14.7 Å². The predicted molar refractivity (Wildman–Crippen MR) is 130 cm³/mol. The highest BCUT2D eigenvalue weighted by Gasteiger charge is 2.63. The van der Waals surface area contributed by atoms with Crippen LogP contribution in [0.2, 0.25) is 0 Å². The molecule has 3 saturated carbocycles. The van der Waals surface area contributed by atoms with Crippen molar-refractivity contribution in [2.45, 2.75) is 92.1 Å². The molecule has 0 unspecified atom stereocenters. The number of amides is 1. The van der Waals surface area contributed by atoms with E-state index in [2.05, 4.69) is 39.1 Å². The molecule has 5 aliphatic carbocycles. The van der Waals surface area contributed by atoms with Crippen molar-refractivity contribution in [2.75, 3.05) is 6.54 Å². The lowest BCUT2D eigenvalue weighted by atomic mass is 9.47. The van der Waals surface area contributed by atoms with E-state index in [-0.39, 0.29) is 34.7 Å². The van der Waals surface area contributed by atoms with E-state index in [1.54, 1.807) is 6.92 Å². The molecule has 1 amide bonds. The Morgan fingerprint density at radius 2 is 1.97 bits per heavy atom. The number of fused-ring (bicyclic) bond motifs is 7. The maximum atomic E-state index is 13.4. The quantitative estimate of drug-likeness (QED) is 0.574. The highest BCUT2D eigenvalue weighted by Crippen LogP contribution is 2.70. The van der Waals surface area contributed by atoms with Crippen LogP contribution in [0.3, 0.4) is 0 Å². The summed E-state index contributed by atoms with van der Waals surface area (Å²) in [6, 6.07) is 0. The molecular weight excluding hydrogens is 410 g/mol. The minimum Gasteiger partial charge on any atom is -0.393 e. The number of rotatable bonds is 4. The number of hydrogen-bond donors (Lipinski definition) is 2. The number of ketones is 1. The van der Waals surface area contributed by atoms with Crippen LogP contribution in [0.1, 0.15) is 86.0 Å². The summed E-state index contributed by atoms with van der Waals surface area (Å²) in [6.07, 6.45) is 10.8. The molecule has 0 saturated heterocycles. The van der Waals surface area contributed by atoms with Crippen LogP contribution in [0.25, 0.3) is 0 Å². The first-order chi connectivity index (χ1) is 15.6. The fourth-order valence-electron chi connectivity index (χ4n) is 9.26. The summed E-state index contributed by atoms with van der Waals surface area (Å²) in [4.78, 5) is 24.7. The minimum atomic E-state index is -0.153. The molecule has 5 aliphatic rings. The van der Waals surface area contributed by atoms with Crippen LogP contribution < -0.4 is 5.32 Å². The van der Waals surface area contributed by atoms with E-state index in [0.717, 1.165) is 50.0 Å². The first kappa shape index (κ1) is 23.3. The van der Waals surface area contributed by atoms with Gasteiger partial charge in [0.15, 0.2) is 5.78 Å². The fourth-order valence-corrected chi connectivity index (χ4v) is 9.26. The Hall–Kier alpha value is -1.42. The molecule has 0 bridgehead atoms. The van der Waals surface area contributed by atoms with Gasteiger partial charge in [-0.2, -0.15) is 0 Å². The van der Waals surface area contributed by atoms with Gasteiger partial charge in [0.25, 0.3) is 0 Å². The van der Waals surface area contributed by atoms with Crippen molar-refractivity contribution in [1.29, 1.82) is 0 Å². The third kappa shape index (κ3) is 3.49. The Morgan fingerprint density at radius 1 is 1.21 bits per heavy atom. The molecule has 5 rings (SSSR count). The van der Waals surface area contributed by atoms with Gasteiger partial charge in [0.05, 0.1) is 6.10 Å². The summed E-state index contributed by atoms with van der Waals surface area (Å²) in [5.74, 6) is 3.25. The van der Waals surface area contributed by atoms with Gasteiger partial charge in [0, 0.05) is 19.4 Å². The number of carbonyl (C=O) groups is 2. The molecule has 0 aromatic heterocycles. The topological polar surface area (TPSA) is 66.4 Å². The number of nitrogens with one attached hydrogen (secondary N) is 1. The maximum Gasteiger partial charge on any atom is 0.216 e. The first-order valence-corrected chi connectivity index (χ1v) is 13.4. The number of hydrogen-bond acceptors (Lipinski definition) is 3. The zero-order valence-electron chi connectivity index (χ0n) is 21.2. The maximum absolute atomic E-state index is 13.4. The van der Waals surface area contributed by atoms with E-state index in [1.165, 1.54) is 24.0 Å². The summed E-state index contributed by atoms with van der Waals surface area (Å²) in [5.41, 5.74) is 4.60.